The minimum atomic E-state index is -1.09. The number of amides is 2. The van der Waals surface area contributed by atoms with Gasteiger partial charge >= 0.3 is 5.97 Å². The zero-order chi connectivity index (χ0) is 17.7. The lowest BCUT2D eigenvalue weighted by molar-refractivity contribution is -0.141. The molecule has 0 saturated carbocycles. The van der Waals surface area contributed by atoms with E-state index < -0.39 is 29.4 Å². The van der Waals surface area contributed by atoms with Gasteiger partial charge in [0.25, 0.3) is 5.91 Å². The Kier molecular flexibility index (Phi) is 5.83. The highest BCUT2D eigenvalue weighted by molar-refractivity contribution is 5.94. The highest BCUT2D eigenvalue weighted by Gasteiger charge is 2.29. The molecule has 130 valence electrons. The lowest BCUT2D eigenvalue weighted by Gasteiger charge is -2.32. The molecule has 0 spiro atoms. The van der Waals surface area contributed by atoms with Gasteiger partial charge in [0, 0.05) is 18.7 Å². The Balaban J connectivity index is 1.99. The van der Waals surface area contributed by atoms with Crippen LogP contribution in [0, 0.1) is 17.6 Å². The Morgan fingerprint density at radius 2 is 2.04 bits per heavy atom. The van der Waals surface area contributed by atoms with Crippen LogP contribution in [0.2, 0.25) is 0 Å². The predicted molar refractivity (Wildman–Crippen MR) is 80.0 cm³/mol. The number of likely N-dealkylation sites (tertiary alicyclic amines) is 1. The van der Waals surface area contributed by atoms with E-state index in [-0.39, 0.29) is 24.6 Å². The Morgan fingerprint density at radius 3 is 2.71 bits per heavy atom. The highest BCUT2D eigenvalue weighted by atomic mass is 19.2. The molecule has 1 N–H and O–H groups in total. The largest absolute Gasteiger partial charge is 0.468 e. The molecule has 2 amide bonds. The van der Waals surface area contributed by atoms with Crippen LogP contribution in [0.5, 0.6) is 0 Å². The zero-order valence-corrected chi connectivity index (χ0v) is 13.2. The smallest absolute Gasteiger partial charge is 0.325 e. The fourth-order valence-electron chi connectivity index (χ4n) is 2.56. The molecule has 1 aliphatic heterocycles. The van der Waals surface area contributed by atoms with E-state index in [4.69, 9.17) is 0 Å². The van der Waals surface area contributed by atoms with Gasteiger partial charge in [-0.2, -0.15) is 0 Å². The molecule has 1 aromatic rings. The molecule has 1 fully saturated rings. The maximum absolute atomic E-state index is 13.3. The molecule has 1 aromatic carbocycles. The number of halogens is 2. The summed E-state index contributed by atoms with van der Waals surface area (Å²) in [6.45, 7) is 0.354. The number of ether oxygens (including phenoxy) is 1. The topological polar surface area (TPSA) is 75.7 Å². The molecule has 6 nitrogen and oxygen atoms in total. The van der Waals surface area contributed by atoms with Crippen LogP contribution >= 0.6 is 0 Å². The number of carbonyl (C=O) groups excluding carboxylic acids is 3. The number of hydrogen-bond acceptors (Lipinski definition) is 4. The number of piperidine rings is 1. The fourth-order valence-corrected chi connectivity index (χ4v) is 2.56. The molecule has 8 heteroatoms. The van der Waals surface area contributed by atoms with Crippen molar-refractivity contribution in [3.63, 3.8) is 0 Å². The number of esters is 1. The summed E-state index contributed by atoms with van der Waals surface area (Å²) in [4.78, 5) is 36.9. The Bertz CT molecular complexity index is 651. The van der Waals surface area contributed by atoms with E-state index in [9.17, 15) is 23.2 Å². The molecule has 1 unspecified atom stereocenters. The molecule has 1 heterocycles. The number of nitrogens with zero attached hydrogens (tertiary/aromatic N) is 1. The minimum Gasteiger partial charge on any atom is -0.468 e. The number of hydrogen-bond donors (Lipinski definition) is 1. The fraction of sp³-hybridized carbons (Fsp3) is 0.438. The summed E-state index contributed by atoms with van der Waals surface area (Å²) in [5, 5.41) is 2.46. The van der Waals surface area contributed by atoms with Crippen LogP contribution in [-0.2, 0) is 14.3 Å². The number of rotatable bonds is 4. The second-order valence-electron chi connectivity index (χ2n) is 5.51. The van der Waals surface area contributed by atoms with Crippen molar-refractivity contribution in [3.05, 3.63) is 35.4 Å². The summed E-state index contributed by atoms with van der Waals surface area (Å²) in [7, 11) is 1.22. The zero-order valence-electron chi connectivity index (χ0n) is 13.2. The molecular formula is C16H18F2N2O4. The van der Waals surface area contributed by atoms with Crippen molar-refractivity contribution in [2.24, 2.45) is 5.92 Å². The molecule has 0 radical (unpaired) electrons. The lowest BCUT2D eigenvalue weighted by Crippen LogP contribution is -2.46. The predicted octanol–water partition coefficient (Wildman–Crippen LogP) is 1.11. The summed E-state index contributed by atoms with van der Waals surface area (Å²) in [5.41, 5.74) is 0.0320. The van der Waals surface area contributed by atoms with E-state index in [0.29, 0.717) is 19.4 Å². The number of methoxy groups -OCH3 is 1. The van der Waals surface area contributed by atoms with Crippen LogP contribution in [0.25, 0.3) is 0 Å². The summed E-state index contributed by atoms with van der Waals surface area (Å²) in [6, 6.07) is 2.95. The van der Waals surface area contributed by atoms with E-state index in [1.165, 1.54) is 18.1 Å². The Labute approximate surface area is 137 Å². The monoisotopic (exact) mass is 340 g/mol. The first-order valence-corrected chi connectivity index (χ1v) is 7.51. The van der Waals surface area contributed by atoms with Gasteiger partial charge in [-0.3, -0.25) is 14.4 Å². The lowest BCUT2D eigenvalue weighted by atomic mass is 9.96. The van der Waals surface area contributed by atoms with Crippen molar-refractivity contribution in [3.8, 4) is 0 Å². The third-order valence-corrected chi connectivity index (χ3v) is 3.88. The molecular weight excluding hydrogens is 322 g/mol. The van der Waals surface area contributed by atoms with E-state index in [2.05, 4.69) is 10.1 Å². The standard InChI is InChI=1S/C16H18F2N2O4/c1-24-14(21)8-19-15(22)11-3-2-6-20(9-11)16(23)10-4-5-12(17)13(18)7-10/h4-5,7,11H,2-3,6,8-9H2,1H3,(H,19,22). The average molecular weight is 340 g/mol. The summed E-state index contributed by atoms with van der Waals surface area (Å²) < 4.78 is 30.7. The Morgan fingerprint density at radius 1 is 1.29 bits per heavy atom. The molecule has 1 atom stereocenters. The van der Waals surface area contributed by atoms with E-state index in [1.54, 1.807) is 0 Å². The molecule has 1 saturated heterocycles. The second-order valence-corrected chi connectivity index (χ2v) is 5.51. The number of benzene rings is 1. The van der Waals surface area contributed by atoms with Crippen LogP contribution in [-0.4, -0.2) is 49.4 Å². The maximum atomic E-state index is 13.3. The van der Waals surface area contributed by atoms with Gasteiger partial charge in [-0.1, -0.05) is 0 Å². The third-order valence-electron chi connectivity index (χ3n) is 3.88. The minimum absolute atomic E-state index is 0.0320. The van der Waals surface area contributed by atoms with Crippen molar-refractivity contribution in [2.45, 2.75) is 12.8 Å². The maximum Gasteiger partial charge on any atom is 0.325 e. The van der Waals surface area contributed by atoms with Gasteiger partial charge in [-0.05, 0) is 31.0 Å². The third kappa shape index (κ3) is 4.27. The van der Waals surface area contributed by atoms with Crippen molar-refractivity contribution >= 4 is 17.8 Å². The SMILES string of the molecule is COC(=O)CNC(=O)C1CCCN(C(=O)c2ccc(F)c(F)c2)C1. The van der Waals surface area contributed by atoms with E-state index in [0.717, 1.165) is 12.1 Å². The van der Waals surface area contributed by atoms with Crippen molar-refractivity contribution in [1.29, 1.82) is 0 Å². The second kappa shape index (κ2) is 7.85. The van der Waals surface area contributed by atoms with Gasteiger partial charge in [0.15, 0.2) is 11.6 Å². The highest BCUT2D eigenvalue weighted by Crippen LogP contribution is 2.19. The van der Waals surface area contributed by atoms with Gasteiger partial charge in [0.2, 0.25) is 5.91 Å². The van der Waals surface area contributed by atoms with Crippen molar-refractivity contribution in [1.82, 2.24) is 10.2 Å². The first-order valence-electron chi connectivity index (χ1n) is 7.51. The van der Waals surface area contributed by atoms with E-state index in [1.807, 2.05) is 0 Å². The average Bonchev–Trinajstić information content (AvgIpc) is 2.61. The summed E-state index contributed by atoms with van der Waals surface area (Å²) in [5.74, 6) is -3.94. The molecule has 2 rings (SSSR count). The van der Waals surface area contributed by atoms with Crippen LogP contribution in [0.1, 0.15) is 23.2 Å². The number of carbonyl (C=O) groups is 3. The van der Waals surface area contributed by atoms with Crippen molar-refractivity contribution in [2.75, 3.05) is 26.7 Å². The molecule has 0 aliphatic carbocycles. The molecule has 1 aliphatic rings. The van der Waals surface area contributed by atoms with Crippen molar-refractivity contribution < 1.29 is 27.9 Å². The first-order chi connectivity index (χ1) is 11.4. The van der Waals surface area contributed by atoms with Crippen LogP contribution in [0.15, 0.2) is 18.2 Å². The normalized spacial score (nSPS) is 17.3. The van der Waals surface area contributed by atoms with Crippen LogP contribution in [0.3, 0.4) is 0 Å². The summed E-state index contributed by atoms with van der Waals surface area (Å²) >= 11 is 0. The molecule has 0 aromatic heterocycles. The van der Waals surface area contributed by atoms with Gasteiger partial charge in [-0.25, -0.2) is 8.78 Å². The first kappa shape index (κ1) is 17.8. The quantitative estimate of drug-likeness (QED) is 0.833. The van der Waals surface area contributed by atoms with E-state index >= 15 is 0 Å². The number of nitrogens with one attached hydrogen (secondary N) is 1. The van der Waals surface area contributed by atoms with Gasteiger partial charge < -0.3 is 15.0 Å². The van der Waals surface area contributed by atoms with Crippen LogP contribution in [0.4, 0.5) is 8.78 Å². The van der Waals surface area contributed by atoms with Crippen LogP contribution < -0.4 is 5.32 Å². The Hall–Kier alpha value is -2.51. The molecule has 24 heavy (non-hydrogen) atoms. The van der Waals surface area contributed by atoms with Gasteiger partial charge in [0.05, 0.1) is 13.0 Å². The molecule has 0 bridgehead atoms. The van der Waals surface area contributed by atoms with Gasteiger partial charge in [-0.15, -0.1) is 0 Å². The van der Waals surface area contributed by atoms with Gasteiger partial charge in [0.1, 0.15) is 6.54 Å². The summed E-state index contributed by atoms with van der Waals surface area (Å²) in [6.07, 6.45) is 1.18.